The molecule has 0 saturated carbocycles. The molecule has 10 heavy (non-hydrogen) atoms. The molecule has 0 N–H and O–H groups in total. The first kappa shape index (κ1) is 7.76. The highest BCUT2D eigenvalue weighted by Gasteiger charge is 1.97. The number of rotatable bonds is 1. The van der Waals surface area contributed by atoms with Gasteiger partial charge in [0.05, 0.1) is 5.02 Å². The average Bonchev–Trinajstić information content (AvgIpc) is 1.95. The third-order valence-corrected chi connectivity index (χ3v) is 1.90. The zero-order valence-electron chi connectivity index (χ0n) is 5.20. The third kappa shape index (κ3) is 1.58. The fourth-order valence-corrected chi connectivity index (χ4v) is 0.987. The minimum atomic E-state index is -0.364. The summed E-state index contributed by atoms with van der Waals surface area (Å²) in [5.74, 6) is -0.364. The smallest absolute Gasteiger partial charge is 0.142 e. The third-order valence-electron chi connectivity index (χ3n) is 1.19. The molecule has 0 bridgehead atoms. The molecular weight excluding hydrogens is 167 g/mol. The Morgan fingerprint density at radius 1 is 1.50 bits per heavy atom. The van der Waals surface area contributed by atoms with Crippen LogP contribution in [0.1, 0.15) is 5.56 Å². The van der Waals surface area contributed by atoms with Gasteiger partial charge in [-0.05, 0) is 23.7 Å². The predicted octanol–water partition coefficient (Wildman–Crippen LogP) is 2.15. The van der Waals surface area contributed by atoms with Crippen LogP contribution >= 0.6 is 11.6 Å². The van der Waals surface area contributed by atoms with Crippen molar-refractivity contribution in [3.8, 4) is 0 Å². The topological polar surface area (TPSA) is 0 Å². The molecule has 0 aromatic heterocycles. The maximum atomic E-state index is 12.6. The van der Waals surface area contributed by atoms with Crippen molar-refractivity contribution in [2.75, 3.05) is 0 Å². The van der Waals surface area contributed by atoms with E-state index in [0.717, 1.165) is 5.56 Å². The minimum Gasteiger partial charge on any atom is -0.205 e. The van der Waals surface area contributed by atoms with Crippen molar-refractivity contribution in [1.29, 1.82) is 0 Å². The molecule has 3 radical (unpaired) electrons. The van der Waals surface area contributed by atoms with Crippen LogP contribution in [-0.2, 0) is 6.04 Å². The first-order chi connectivity index (χ1) is 4.74. The summed E-state index contributed by atoms with van der Waals surface area (Å²) in [6, 6.07) is 5.38. The predicted molar refractivity (Wildman–Crippen MR) is 40.9 cm³/mol. The zero-order chi connectivity index (χ0) is 7.56. The first-order valence-electron chi connectivity index (χ1n) is 2.82. The second kappa shape index (κ2) is 3.17. The standard InChI is InChI=1S/C7H5ClFSi/c8-6-2-1-5(4-10)3-7(6)9/h1-3H,4H2. The van der Waals surface area contributed by atoms with Gasteiger partial charge in [-0.15, -0.1) is 0 Å². The summed E-state index contributed by atoms with van der Waals surface area (Å²) in [7, 11) is 3.25. The Kier molecular flexibility index (Phi) is 2.46. The van der Waals surface area contributed by atoms with E-state index >= 15 is 0 Å². The Morgan fingerprint density at radius 2 is 2.20 bits per heavy atom. The van der Waals surface area contributed by atoms with Gasteiger partial charge in [-0.3, -0.25) is 0 Å². The fraction of sp³-hybridized carbons (Fsp3) is 0.143. The SMILES string of the molecule is Fc1cc(C[Si])ccc1Cl. The van der Waals surface area contributed by atoms with Crippen molar-refractivity contribution in [2.45, 2.75) is 6.04 Å². The summed E-state index contributed by atoms with van der Waals surface area (Å²) in [5, 5.41) is 0.170. The Hall–Kier alpha value is -0.343. The van der Waals surface area contributed by atoms with Crippen LogP contribution in [0, 0.1) is 5.82 Å². The van der Waals surface area contributed by atoms with E-state index in [2.05, 4.69) is 10.2 Å². The van der Waals surface area contributed by atoms with Gasteiger partial charge in [0.2, 0.25) is 0 Å². The Balaban J connectivity index is 3.04. The molecule has 0 heterocycles. The molecule has 0 aliphatic rings. The number of benzene rings is 1. The second-order valence-corrected chi connectivity index (χ2v) is 2.69. The molecule has 51 valence electrons. The monoisotopic (exact) mass is 171 g/mol. The molecule has 0 aliphatic heterocycles. The lowest BCUT2D eigenvalue weighted by atomic mass is 10.2. The van der Waals surface area contributed by atoms with Gasteiger partial charge < -0.3 is 0 Å². The number of hydrogen-bond acceptors (Lipinski definition) is 0. The summed E-state index contributed by atoms with van der Waals surface area (Å²) in [6.45, 7) is 0. The van der Waals surface area contributed by atoms with Crippen molar-refractivity contribution in [2.24, 2.45) is 0 Å². The van der Waals surface area contributed by atoms with E-state index < -0.39 is 0 Å². The number of hydrogen-bond donors (Lipinski definition) is 0. The first-order valence-corrected chi connectivity index (χ1v) is 3.91. The average molecular weight is 172 g/mol. The van der Waals surface area contributed by atoms with Gasteiger partial charge in [0.25, 0.3) is 0 Å². The summed E-state index contributed by atoms with van der Waals surface area (Å²) in [6.07, 6.45) is 0. The summed E-state index contributed by atoms with van der Waals surface area (Å²) < 4.78 is 12.6. The Labute approximate surface area is 67.4 Å². The Morgan fingerprint density at radius 3 is 2.70 bits per heavy atom. The molecule has 0 aliphatic carbocycles. The van der Waals surface area contributed by atoms with E-state index in [0.29, 0.717) is 6.04 Å². The van der Waals surface area contributed by atoms with Crippen LogP contribution < -0.4 is 0 Å². The minimum absolute atomic E-state index is 0.170. The van der Waals surface area contributed by atoms with Crippen LogP contribution in [0.3, 0.4) is 0 Å². The van der Waals surface area contributed by atoms with Crippen molar-refractivity contribution >= 4 is 21.8 Å². The van der Waals surface area contributed by atoms with E-state index in [1.807, 2.05) is 0 Å². The molecule has 0 unspecified atom stereocenters. The lowest BCUT2D eigenvalue weighted by Crippen LogP contribution is -1.85. The summed E-state index contributed by atoms with van der Waals surface area (Å²) in [5.41, 5.74) is 0.888. The number of halogens is 2. The van der Waals surface area contributed by atoms with Crippen LogP contribution in [0.15, 0.2) is 18.2 Å². The zero-order valence-corrected chi connectivity index (χ0v) is 6.95. The molecule has 0 fully saturated rings. The van der Waals surface area contributed by atoms with E-state index in [1.165, 1.54) is 6.07 Å². The summed E-state index contributed by atoms with van der Waals surface area (Å²) >= 11 is 5.45. The molecule has 1 rings (SSSR count). The largest absolute Gasteiger partial charge is 0.205 e. The van der Waals surface area contributed by atoms with Crippen molar-refractivity contribution in [3.05, 3.63) is 34.6 Å². The maximum absolute atomic E-state index is 12.6. The Bertz CT molecular complexity index is 237. The van der Waals surface area contributed by atoms with Gasteiger partial charge in [-0.2, -0.15) is 0 Å². The molecule has 3 heteroatoms. The molecule has 0 spiro atoms. The van der Waals surface area contributed by atoms with Crippen LogP contribution in [0.5, 0.6) is 0 Å². The molecule has 1 aromatic rings. The van der Waals surface area contributed by atoms with Gasteiger partial charge >= 0.3 is 0 Å². The molecule has 0 nitrogen and oxygen atoms in total. The van der Waals surface area contributed by atoms with E-state index in [1.54, 1.807) is 12.1 Å². The van der Waals surface area contributed by atoms with Crippen molar-refractivity contribution < 1.29 is 4.39 Å². The quantitative estimate of drug-likeness (QED) is 0.568. The van der Waals surface area contributed by atoms with Gasteiger partial charge in [-0.25, -0.2) is 4.39 Å². The van der Waals surface area contributed by atoms with Gasteiger partial charge in [0, 0.05) is 10.2 Å². The normalized spacial score (nSPS) is 9.90. The lowest BCUT2D eigenvalue weighted by molar-refractivity contribution is 0.627. The molecule has 0 saturated heterocycles. The van der Waals surface area contributed by atoms with E-state index in [9.17, 15) is 4.39 Å². The van der Waals surface area contributed by atoms with Crippen molar-refractivity contribution in [3.63, 3.8) is 0 Å². The van der Waals surface area contributed by atoms with Gasteiger partial charge in [0.15, 0.2) is 0 Å². The maximum Gasteiger partial charge on any atom is 0.142 e. The highest BCUT2D eigenvalue weighted by Crippen LogP contribution is 2.14. The molecule has 0 atom stereocenters. The molecule has 0 amide bonds. The fourth-order valence-electron chi connectivity index (χ4n) is 0.650. The van der Waals surface area contributed by atoms with Crippen LogP contribution in [-0.4, -0.2) is 10.2 Å². The molecule has 1 aromatic carbocycles. The van der Waals surface area contributed by atoms with Crippen molar-refractivity contribution in [1.82, 2.24) is 0 Å². The van der Waals surface area contributed by atoms with Crippen LogP contribution in [0.4, 0.5) is 4.39 Å². The lowest BCUT2D eigenvalue weighted by Gasteiger charge is -1.96. The summed E-state index contributed by atoms with van der Waals surface area (Å²) in [4.78, 5) is 0. The van der Waals surface area contributed by atoms with E-state index in [4.69, 9.17) is 11.6 Å². The van der Waals surface area contributed by atoms with Gasteiger partial charge in [-0.1, -0.05) is 17.7 Å². The van der Waals surface area contributed by atoms with Crippen LogP contribution in [0.25, 0.3) is 0 Å². The highest BCUT2D eigenvalue weighted by atomic mass is 35.5. The second-order valence-electron chi connectivity index (χ2n) is 1.93. The van der Waals surface area contributed by atoms with Crippen LogP contribution in [0.2, 0.25) is 5.02 Å². The van der Waals surface area contributed by atoms with E-state index in [-0.39, 0.29) is 10.8 Å². The highest BCUT2D eigenvalue weighted by molar-refractivity contribution is 6.30. The van der Waals surface area contributed by atoms with Gasteiger partial charge in [0.1, 0.15) is 5.82 Å². The molecular formula is C7H5ClFSi.